The van der Waals surface area contributed by atoms with E-state index in [9.17, 15) is 18.5 Å². The van der Waals surface area contributed by atoms with Gasteiger partial charge >= 0.3 is 0 Å². The van der Waals surface area contributed by atoms with Crippen molar-refractivity contribution >= 4 is 27.1 Å². The number of nitro groups is 1. The number of benzene rings is 2. The summed E-state index contributed by atoms with van der Waals surface area (Å²) >= 11 is 0. The molecule has 1 aliphatic rings. The van der Waals surface area contributed by atoms with Crippen LogP contribution in [0, 0.1) is 10.1 Å². The van der Waals surface area contributed by atoms with E-state index in [0.29, 0.717) is 18.8 Å². The predicted octanol–water partition coefficient (Wildman–Crippen LogP) is 1.57. The summed E-state index contributed by atoms with van der Waals surface area (Å²) in [4.78, 5) is 14.6. The molecule has 0 bridgehead atoms. The van der Waals surface area contributed by atoms with Crippen LogP contribution in [0.3, 0.4) is 0 Å². The fourth-order valence-electron chi connectivity index (χ4n) is 2.94. The maximum Gasteiger partial charge on any atom is 0.293 e. The monoisotopic (exact) mass is 362 g/mol. The molecule has 8 nitrogen and oxygen atoms in total. The summed E-state index contributed by atoms with van der Waals surface area (Å²) < 4.78 is 22.9. The summed E-state index contributed by atoms with van der Waals surface area (Å²) in [6, 6.07) is 13.7. The highest BCUT2D eigenvalue weighted by Gasteiger charge is 2.25. The van der Waals surface area contributed by atoms with E-state index >= 15 is 0 Å². The summed E-state index contributed by atoms with van der Waals surface area (Å²) in [6.07, 6.45) is 0. The van der Waals surface area contributed by atoms with E-state index in [1.807, 2.05) is 35.2 Å². The van der Waals surface area contributed by atoms with Gasteiger partial charge in [-0.05, 0) is 24.3 Å². The predicted molar refractivity (Wildman–Crippen MR) is 95.3 cm³/mol. The molecule has 0 aromatic heterocycles. The molecular formula is C16H18N4O4S. The van der Waals surface area contributed by atoms with Crippen LogP contribution in [-0.4, -0.2) is 39.5 Å². The summed E-state index contributed by atoms with van der Waals surface area (Å²) in [5.74, 6) is 0. The average Bonchev–Trinajstić information content (AvgIpc) is 2.61. The Kier molecular flexibility index (Phi) is 4.60. The number of rotatable bonds is 4. The third kappa shape index (κ3) is 3.72. The Hall–Kier alpha value is -2.65. The third-order valence-electron chi connectivity index (χ3n) is 4.21. The van der Waals surface area contributed by atoms with Crippen LogP contribution in [0.2, 0.25) is 0 Å². The highest BCUT2D eigenvalue weighted by Crippen LogP contribution is 2.31. The van der Waals surface area contributed by atoms with E-state index in [-0.39, 0.29) is 10.6 Å². The first-order valence-electron chi connectivity index (χ1n) is 7.72. The fourth-order valence-corrected chi connectivity index (χ4v) is 3.47. The van der Waals surface area contributed by atoms with Crippen LogP contribution >= 0.6 is 0 Å². The van der Waals surface area contributed by atoms with E-state index in [2.05, 4.69) is 4.90 Å². The molecule has 0 amide bonds. The number of anilines is 2. The lowest BCUT2D eigenvalue weighted by molar-refractivity contribution is -0.384. The molecular weight excluding hydrogens is 344 g/mol. The van der Waals surface area contributed by atoms with Gasteiger partial charge in [0, 0.05) is 37.9 Å². The van der Waals surface area contributed by atoms with Crippen molar-refractivity contribution < 1.29 is 13.3 Å². The second-order valence-corrected chi connectivity index (χ2v) is 7.32. The van der Waals surface area contributed by atoms with Gasteiger partial charge in [-0.2, -0.15) is 0 Å². The molecule has 0 atom stereocenters. The van der Waals surface area contributed by atoms with Gasteiger partial charge in [-0.1, -0.05) is 18.2 Å². The first kappa shape index (κ1) is 17.2. The van der Waals surface area contributed by atoms with Crippen molar-refractivity contribution in [2.24, 2.45) is 5.14 Å². The zero-order chi connectivity index (χ0) is 18.0. The lowest BCUT2D eigenvalue weighted by Gasteiger charge is -2.37. The molecule has 1 fully saturated rings. The summed E-state index contributed by atoms with van der Waals surface area (Å²) in [5.41, 5.74) is 1.27. The lowest BCUT2D eigenvalue weighted by Crippen LogP contribution is -2.46. The van der Waals surface area contributed by atoms with Crippen molar-refractivity contribution in [2.45, 2.75) is 4.90 Å². The molecule has 0 aliphatic carbocycles. The maximum atomic E-state index is 11.4. The van der Waals surface area contributed by atoms with Crippen LogP contribution in [0.5, 0.6) is 0 Å². The van der Waals surface area contributed by atoms with Crippen molar-refractivity contribution in [2.75, 3.05) is 36.0 Å². The number of hydrogen-bond donors (Lipinski definition) is 1. The molecule has 2 aromatic carbocycles. The third-order valence-corrected chi connectivity index (χ3v) is 5.12. The Balaban J connectivity index is 1.82. The van der Waals surface area contributed by atoms with Gasteiger partial charge < -0.3 is 9.80 Å². The van der Waals surface area contributed by atoms with Gasteiger partial charge in [0.25, 0.3) is 5.69 Å². The molecule has 132 valence electrons. The highest BCUT2D eigenvalue weighted by molar-refractivity contribution is 7.89. The summed E-state index contributed by atoms with van der Waals surface area (Å²) in [6.45, 7) is 2.64. The normalized spacial score (nSPS) is 15.2. The van der Waals surface area contributed by atoms with Gasteiger partial charge in [0.2, 0.25) is 10.0 Å². The van der Waals surface area contributed by atoms with Crippen LogP contribution in [-0.2, 0) is 10.0 Å². The SMILES string of the molecule is NS(=O)(=O)c1ccc(N2CCN(c3ccccc3)CC2)c([N+](=O)[O-])c1. The Morgan fingerprint density at radius 1 is 0.960 bits per heavy atom. The quantitative estimate of drug-likeness (QED) is 0.653. The number of primary sulfonamides is 1. The first-order chi connectivity index (χ1) is 11.9. The standard InChI is InChI=1S/C16H18N4O4S/c17-25(23,24)14-6-7-15(16(12-14)20(21)22)19-10-8-18(9-11-19)13-4-2-1-3-5-13/h1-7,12H,8-11H2,(H2,17,23,24). The molecule has 0 radical (unpaired) electrons. The van der Waals surface area contributed by atoms with Crippen molar-refractivity contribution in [1.82, 2.24) is 0 Å². The Morgan fingerprint density at radius 2 is 1.56 bits per heavy atom. The number of nitro benzene ring substituents is 1. The molecule has 1 heterocycles. The van der Waals surface area contributed by atoms with Crippen LogP contribution in [0.1, 0.15) is 0 Å². The van der Waals surface area contributed by atoms with E-state index in [1.54, 1.807) is 0 Å². The second kappa shape index (κ2) is 6.69. The molecule has 3 rings (SSSR count). The smallest absolute Gasteiger partial charge is 0.293 e. The highest BCUT2D eigenvalue weighted by atomic mass is 32.2. The molecule has 1 aliphatic heterocycles. The molecule has 1 saturated heterocycles. The number of sulfonamides is 1. The van der Waals surface area contributed by atoms with Gasteiger partial charge in [-0.15, -0.1) is 0 Å². The molecule has 0 saturated carbocycles. The van der Waals surface area contributed by atoms with E-state index in [1.165, 1.54) is 12.1 Å². The Labute approximate surface area is 145 Å². The van der Waals surface area contributed by atoms with Gasteiger partial charge in [0.05, 0.1) is 9.82 Å². The molecule has 0 spiro atoms. The Morgan fingerprint density at radius 3 is 2.12 bits per heavy atom. The zero-order valence-corrected chi connectivity index (χ0v) is 14.2. The number of hydrogen-bond acceptors (Lipinski definition) is 6. The summed E-state index contributed by atoms with van der Waals surface area (Å²) in [5, 5.41) is 16.4. The van der Waals surface area contributed by atoms with Crippen molar-refractivity contribution in [3.05, 3.63) is 58.6 Å². The van der Waals surface area contributed by atoms with Crippen molar-refractivity contribution in [3.8, 4) is 0 Å². The molecule has 9 heteroatoms. The van der Waals surface area contributed by atoms with Crippen LogP contribution in [0.25, 0.3) is 0 Å². The van der Waals surface area contributed by atoms with E-state index in [4.69, 9.17) is 5.14 Å². The van der Waals surface area contributed by atoms with Crippen LogP contribution in [0.15, 0.2) is 53.4 Å². The maximum absolute atomic E-state index is 11.4. The largest absolute Gasteiger partial charge is 0.368 e. The molecule has 25 heavy (non-hydrogen) atoms. The number of nitrogens with zero attached hydrogens (tertiary/aromatic N) is 3. The lowest BCUT2D eigenvalue weighted by atomic mass is 10.2. The van der Waals surface area contributed by atoms with E-state index < -0.39 is 14.9 Å². The van der Waals surface area contributed by atoms with E-state index in [0.717, 1.165) is 24.8 Å². The minimum Gasteiger partial charge on any atom is -0.368 e. The van der Waals surface area contributed by atoms with Crippen molar-refractivity contribution in [3.63, 3.8) is 0 Å². The van der Waals surface area contributed by atoms with Gasteiger partial charge in [0.1, 0.15) is 5.69 Å². The number of nitrogens with two attached hydrogens (primary N) is 1. The van der Waals surface area contributed by atoms with Gasteiger partial charge in [-0.3, -0.25) is 10.1 Å². The Bertz CT molecular complexity index is 878. The van der Waals surface area contributed by atoms with Gasteiger partial charge in [0.15, 0.2) is 0 Å². The topological polar surface area (TPSA) is 110 Å². The first-order valence-corrected chi connectivity index (χ1v) is 9.27. The van der Waals surface area contributed by atoms with Crippen LogP contribution < -0.4 is 14.9 Å². The number of para-hydroxylation sites is 1. The molecule has 2 aromatic rings. The minimum absolute atomic E-state index is 0.250. The molecule has 0 unspecified atom stereocenters. The minimum atomic E-state index is -3.98. The summed E-state index contributed by atoms with van der Waals surface area (Å²) in [7, 11) is -3.98. The fraction of sp³-hybridized carbons (Fsp3) is 0.250. The zero-order valence-electron chi connectivity index (χ0n) is 13.4. The van der Waals surface area contributed by atoms with Gasteiger partial charge in [-0.25, -0.2) is 13.6 Å². The second-order valence-electron chi connectivity index (χ2n) is 5.76. The van der Waals surface area contributed by atoms with Crippen molar-refractivity contribution in [1.29, 1.82) is 0 Å². The average molecular weight is 362 g/mol. The molecule has 2 N–H and O–H groups in total. The van der Waals surface area contributed by atoms with Crippen LogP contribution in [0.4, 0.5) is 17.1 Å². The number of piperazine rings is 1.